The van der Waals surface area contributed by atoms with Crippen molar-refractivity contribution in [3.63, 3.8) is 0 Å². The Balaban J connectivity index is 1.58. The molecule has 3 rings (SSSR count). The normalized spacial score (nSPS) is 29.9. The largest absolute Gasteiger partial charge is 0.377 e. The van der Waals surface area contributed by atoms with Gasteiger partial charge >= 0.3 is 0 Å². The lowest BCUT2D eigenvalue weighted by atomic mass is 9.68. The molecule has 1 amide bonds. The maximum absolute atomic E-state index is 12.2. The zero-order chi connectivity index (χ0) is 12.6. The first-order valence-corrected chi connectivity index (χ1v) is 7.36. The molecule has 2 N–H and O–H groups in total. The first-order valence-electron chi connectivity index (χ1n) is 7.36. The Morgan fingerprint density at radius 2 is 1.61 bits per heavy atom. The molecule has 3 aliphatic rings. The zero-order valence-corrected chi connectivity index (χ0v) is 11.1. The number of amides is 1. The summed E-state index contributed by atoms with van der Waals surface area (Å²) in [5, 5.41) is 13.1. The van der Waals surface area contributed by atoms with Crippen molar-refractivity contribution in [2.75, 3.05) is 26.2 Å². The van der Waals surface area contributed by atoms with E-state index >= 15 is 0 Å². The van der Waals surface area contributed by atoms with Crippen LogP contribution in [0.5, 0.6) is 0 Å². The van der Waals surface area contributed by atoms with E-state index in [4.69, 9.17) is 0 Å². The SMILES string of the molecule is O=C(N1CCC2(CCCCC2)CC1)C1(O)CNC1. The monoisotopic (exact) mass is 252 g/mol. The first-order chi connectivity index (χ1) is 8.64. The van der Waals surface area contributed by atoms with Crippen molar-refractivity contribution in [1.29, 1.82) is 0 Å². The number of likely N-dealkylation sites (tertiary alicyclic amines) is 1. The van der Waals surface area contributed by atoms with Crippen molar-refractivity contribution in [3.8, 4) is 0 Å². The van der Waals surface area contributed by atoms with Crippen LogP contribution in [0.25, 0.3) is 0 Å². The van der Waals surface area contributed by atoms with Crippen molar-refractivity contribution in [2.45, 2.75) is 50.5 Å². The minimum Gasteiger partial charge on any atom is -0.377 e. The number of piperidine rings is 1. The van der Waals surface area contributed by atoms with Crippen LogP contribution in [0.4, 0.5) is 0 Å². The van der Waals surface area contributed by atoms with Crippen LogP contribution in [0, 0.1) is 5.41 Å². The summed E-state index contributed by atoms with van der Waals surface area (Å²) >= 11 is 0. The van der Waals surface area contributed by atoms with Gasteiger partial charge in [-0.25, -0.2) is 0 Å². The lowest BCUT2D eigenvalue weighted by Crippen LogP contribution is -2.68. The van der Waals surface area contributed by atoms with Gasteiger partial charge in [0.2, 0.25) is 0 Å². The molecule has 1 aliphatic carbocycles. The Kier molecular flexibility index (Phi) is 3.10. The molecular formula is C14H24N2O2. The van der Waals surface area contributed by atoms with E-state index in [-0.39, 0.29) is 5.91 Å². The fraction of sp³-hybridized carbons (Fsp3) is 0.929. The average Bonchev–Trinajstić information content (AvgIpc) is 2.37. The lowest BCUT2D eigenvalue weighted by Gasteiger charge is -2.47. The van der Waals surface area contributed by atoms with Crippen molar-refractivity contribution in [3.05, 3.63) is 0 Å². The molecule has 102 valence electrons. The first kappa shape index (κ1) is 12.4. The predicted octanol–water partition coefficient (Wildman–Crippen LogP) is 0.894. The highest BCUT2D eigenvalue weighted by Gasteiger charge is 2.46. The van der Waals surface area contributed by atoms with Crippen molar-refractivity contribution in [2.24, 2.45) is 5.41 Å². The molecule has 2 aliphatic heterocycles. The summed E-state index contributed by atoms with van der Waals surface area (Å²) in [5.41, 5.74) is -0.577. The van der Waals surface area contributed by atoms with Gasteiger partial charge in [-0.1, -0.05) is 19.3 Å². The predicted molar refractivity (Wildman–Crippen MR) is 69.2 cm³/mol. The van der Waals surface area contributed by atoms with E-state index in [0.717, 1.165) is 25.9 Å². The molecule has 0 bridgehead atoms. The second-order valence-corrected chi connectivity index (χ2v) is 6.49. The summed E-state index contributed by atoms with van der Waals surface area (Å²) < 4.78 is 0. The highest BCUT2D eigenvalue weighted by Crippen LogP contribution is 2.44. The van der Waals surface area contributed by atoms with Crippen LogP contribution in [-0.2, 0) is 4.79 Å². The number of hydrogen-bond acceptors (Lipinski definition) is 3. The molecule has 0 radical (unpaired) electrons. The Morgan fingerprint density at radius 3 is 2.11 bits per heavy atom. The van der Waals surface area contributed by atoms with Crippen molar-refractivity contribution >= 4 is 5.91 Å². The van der Waals surface area contributed by atoms with Gasteiger partial charge in [0.1, 0.15) is 0 Å². The van der Waals surface area contributed by atoms with E-state index in [1.54, 1.807) is 0 Å². The van der Waals surface area contributed by atoms with Gasteiger partial charge in [-0.3, -0.25) is 4.79 Å². The van der Waals surface area contributed by atoms with Crippen LogP contribution < -0.4 is 5.32 Å². The van der Waals surface area contributed by atoms with E-state index in [1.807, 2.05) is 4.90 Å². The molecule has 1 saturated carbocycles. The molecule has 0 aromatic rings. The fourth-order valence-corrected chi connectivity index (χ4v) is 3.79. The van der Waals surface area contributed by atoms with Crippen LogP contribution in [0.15, 0.2) is 0 Å². The molecule has 0 atom stereocenters. The van der Waals surface area contributed by atoms with E-state index in [9.17, 15) is 9.90 Å². The maximum atomic E-state index is 12.2. The molecule has 3 fully saturated rings. The van der Waals surface area contributed by atoms with Crippen LogP contribution in [0.2, 0.25) is 0 Å². The van der Waals surface area contributed by atoms with Crippen LogP contribution in [0.1, 0.15) is 44.9 Å². The summed E-state index contributed by atoms with van der Waals surface area (Å²) in [4.78, 5) is 14.1. The van der Waals surface area contributed by atoms with Crippen LogP contribution in [-0.4, -0.2) is 47.7 Å². The van der Waals surface area contributed by atoms with E-state index < -0.39 is 5.60 Å². The number of β-amino-alcohol motifs (C(OH)–C–C–N with tert-alkyl or cyclic N) is 1. The number of aliphatic hydroxyl groups is 1. The molecular weight excluding hydrogens is 228 g/mol. The van der Waals surface area contributed by atoms with Gasteiger partial charge in [0, 0.05) is 26.2 Å². The minimum atomic E-state index is -1.10. The third-order valence-corrected chi connectivity index (χ3v) is 5.26. The van der Waals surface area contributed by atoms with Crippen LogP contribution >= 0.6 is 0 Å². The van der Waals surface area contributed by atoms with E-state index in [2.05, 4.69) is 5.32 Å². The van der Waals surface area contributed by atoms with Gasteiger partial charge < -0.3 is 15.3 Å². The number of carbonyl (C=O) groups excluding carboxylic acids is 1. The molecule has 1 spiro atoms. The van der Waals surface area contributed by atoms with Crippen LogP contribution in [0.3, 0.4) is 0 Å². The van der Waals surface area contributed by atoms with E-state index in [1.165, 1.54) is 32.1 Å². The minimum absolute atomic E-state index is 0.0492. The maximum Gasteiger partial charge on any atom is 0.257 e. The third-order valence-electron chi connectivity index (χ3n) is 5.26. The molecule has 4 nitrogen and oxygen atoms in total. The summed E-state index contributed by atoms with van der Waals surface area (Å²) in [6.45, 7) is 2.54. The fourth-order valence-electron chi connectivity index (χ4n) is 3.79. The Hall–Kier alpha value is -0.610. The van der Waals surface area contributed by atoms with Gasteiger partial charge in [-0.2, -0.15) is 0 Å². The van der Waals surface area contributed by atoms with Crippen molar-refractivity contribution < 1.29 is 9.90 Å². The van der Waals surface area contributed by atoms with Crippen molar-refractivity contribution in [1.82, 2.24) is 10.2 Å². The van der Waals surface area contributed by atoms with E-state index in [0.29, 0.717) is 18.5 Å². The molecule has 18 heavy (non-hydrogen) atoms. The smallest absolute Gasteiger partial charge is 0.257 e. The highest BCUT2D eigenvalue weighted by atomic mass is 16.3. The molecule has 0 aromatic heterocycles. The zero-order valence-electron chi connectivity index (χ0n) is 11.1. The molecule has 0 aromatic carbocycles. The summed E-state index contributed by atoms with van der Waals surface area (Å²) in [7, 11) is 0. The Morgan fingerprint density at radius 1 is 1.00 bits per heavy atom. The summed E-state index contributed by atoms with van der Waals surface area (Å²) in [6.07, 6.45) is 9.09. The topological polar surface area (TPSA) is 52.6 Å². The Labute approximate surface area is 109 Å². The second kappa shape index (κ2) is 4.49. The van der Waals surface area contributed by atoms with Gasteiger partial charge in [0.25, 0.3) is 5.91 Å². The number of carbonyl (C=O) groups is 1. The highest BCUT2D eigenvalue weighted by molar-refractivity contribution is 5.86. The van der Waals surface area contributed by atoms with Gasteiger partial charge in [-0.15, -0.1) is 0 Å². The number of nitrogens with one attached hydrogen (secondary N) is 1. The number of nitrogens with zero attached hydrogens (tertiary/aromatic N) is 1. The third kappa shape index (κ3) is 2.05. The Bertz CT molecular complexity index is 323. The van der Waals surface area contributed by atoms with Gasteiger partial charge in [0.05, 0.1) is 0 Å². The number of hydrogen-bond donors (Lipinski definition) is 2. The molecule has 0 unspecified atom stereocenters. The average molecular weight is 252 g/mol. The summed E-state index contributed by atoms with van der Waals surface area (Å²) in [5.74, 6) is -0.0492. The number of rotatable bonds is 1. The quantitative estimate of drug-likeness (QED) is 0.729. The summed E-state index contributed by atoms with van der Waals surface area (Å²) in [6, 6.07) is 0. The molecule has 4 heteroatoms. The van der Waals surface area contributed by atoms with Gasteiger partial charge in [-0.05, 0) is 31.1 Å². The lowest BCUT2D eigenvalue weighted by molar-refractivity contribution is -0.159. The molecule has 2 heterocycles. The molecule has 2 saturated heterocycles. The standard InChI is InChI=1S/C14H24N2O2/c17-12(14(18)10-15-11-14)16-8-6-13(7-9-16)4-2-1-3-5-13/h15,18H,1-11H2. The second-order valence-electron chi connectivity index (χ2n) is 6.49. The van der Waals surface area contributed by atoms with Gasteiger partial charge in [0.15, 0.2) is 5.60 Å².